The minimum absolute atomic E-state index is 0.274. The number of rotatable bonds is 4. The van der Waals surface area contributed by atoms with Crippen LogP contribution in [-0.4, -0.2) is 8.42 Å². The predicted octanol–water partition coefficient (Wildman–Crippen LogP) is 4.52. The summed E-state index contributed by atoms with van der Waals surface area (Å²) >= 11 is 0. The van der Waals surface area contributed by atoms with Crippen molar-refractivity contribution in [3.05, 3.63) is 90.5 Å². The van der Waals surface area contributed by atoms with Crippen LogP contribution in [0.15, 0.2) is 89.8 Å². The monoisotopic (exact) mass is 323 g/mol. The van der Waals surface area contributed by atoms with Crippen molar-refractivity contribution in [2.24, 2.45) is 0 Å². The predicted molar refractivity (Wildman–Crippen MR) is 93.4 cm³/mol. The summed E-state index contributed by atoms with van der Waals surface area (Å²) in [7, 11) is -3.69. The molecule has 0 aliphatic carbocycles. The maximum Gasteiger partial charge on any atom is 0.268 e. The van der Waals surface area contributed by atoms with Crippen molar-refractivity contribution < 1.29 is 8.42 Å². The third-order valence-electron chi connectivity index (χ3n) is 3.54. The van der Waals surface area contributed by atoms with Gasteiger partial charge in [-0.25, -0.2) is 12.7 Å². The second-order valence-corrected chi connectivity index (χ2v) is 7.04. The van der Waals surface area contributed by atoms with Gasteiger partial charge in [-0.3, -0.25) is 0 Å². The number of aryl methyl sites for hydroxylation is 1. The molecule has 116 valence electrons. The molecule has 3 rings (SSSR count). The number of nitrogens with zero attached hydrogens (tertiary/aromatic N) is 1. The van der Waals surface area contributed by atoms with Crippen molar-refractivity contribution in [2.75, 3.05) is 4.31 Å². The van der Waals surface area contributed by atoms with Gasteiger partial charge in [-0.2, -0.15) is 0 Å². The quantitative estimate of drug-likeness (QED) is 0.708. The van der Waals surface area contributed by atoms with Gasteiger partial charge in [0.05, 0.1) is 16.3 Å². The summed E-state index contributed by atoms with van der Waals surface area (Å²) in [5.74, 6) is 0. The van der Waals surface area contributed by atoms with Crippen LogP contribution in [0, 0.1) is 6.92 Å². The van der Waals surface area contributed by atoms with Crippen LogP contribution < -0.4 is 4.31 Å². The summed E-state index contributed by atoms with van der Waals surface area (Å²) in [6, 6.07) is 25.1. The summed E-state index contributed by atoms with van der Waals surface area (Å²) in [4.78, 5) is 0.274. The smallest absolute Gasteiger partial charge is 0.235 e. The third kappa shape index (κ3) is 3.12. The Morgan fingerprint density at radius 2 is 1.09 bits per heavy atom. The molecule has 0 aliphatic heterocycles. The zero-order valence-corrected chi connectivity index (χ0v) is 13.6. The molecule has 4 heteroatoms. The zero-order chi connectivity index (χ0) is 16.3. The van der Waals surface area contributed by atoms with Crippen molar-refractivity contribution in [1.82, 2.24) is 0 Å². The lowest BCUT2D eigenvalue weighted by Crippen LogP contribution is -2.26. The van der Waals surface area contributed by atoms with Crippen LogP contribution in [0.3, 0.4) is 0 Å². The molecule has 0 saturated heterocycles. The van der Waals surface area contributed by atoms with Gasteiger partial charge in [-0.1, -0.05) is 54.1 Å². The van der Waals surface area contributed by atoms with Gasteiger partial charge in [0.2, 0.25) is 0 Å². The first-order valence-electron chi connectivity index (χ1n) is 7.31. The number of benzene rings is 3. The number of anilines is 2. The van der Waals surface area contributed by atoms with Crippen molar-refractivity contribution in [3.8, 4) is 0 Å². The molecule has 3 aromatic rings. The van der Waals surface area contributed by atoms with E-state index in [0.717, 1.165) is 5.56 Å². The van der Waals surface area contributed by atoms with Gasteiger partial charge in [0.25, 0.3) is 10.0 Å². The molecule has 3 nitrogen and oxygen atoms in total. The fourth-order valence-electron chi connectivity index (χ4n) is 2.37. The highest BCUT2D eigenvalue weighted by atomic mass is 32.2. The Labute approximate surface area is 136 Å². The summed E-state index contributed by atoms with van der Waals surface area (Å²) in [5.41, 5.74) is 2.24. The highest BCUT2D eigenvalue weighted by Crippen LogP contribution is 2.32. The molecule has 0 aliphatic rings. The van der Waals surface area contributed by atoms with Crippen molar-refractivity contribution in [2.45, 2.75) is 11.8 Å². The molecular weight excluding hydrogens is 306 g/mol. The Kier molecular flexibility index (Phi) is 4.17. The van der Waals surface area contributed by atoms with Gasteiger partial charge in [-0.15, -0.1) is 0 Å². The number of sulfonamides is 1. The SMILES string of the molecule is Cc1ccc(S(=O)(=O)N(c2ccccc2)c2ccccc2)cc1. The largest absolute Gasteiger partial charge is 0.268 e. The van der Waals surface area contributed by atoms with Crippen LogP contribution in [0.5, 0.6) is 0 Å². The van der Waals surface area contributed by atoms with Crippen LogP contribution in [0.25, 0.3) is 0 Å². The molecule has 0 radical (unpaired) electrons. The summed E-state index contributed by atoms with van der Waals surface area (Å²) in [6.45, 7) is 1.93. The molecule has 0 bridgehead atoms. The van der Waals surface area contributed by atoms with Crippen molar-refractivity contribution >= 4 is 21.4 Å². The zero-order valence-electron chi connectivity index (χ0n) is 12.8. The van der Waals surface area contributed by atoms with E-state index in [0.29, 0.717) is 11.4 Å². The van der Waals surface area contributed by atoms with E-state index < -0.39 is 10.0 Å². The molecule has 0 amide bonds. The van der Waals surface area contributed by atoms with Crippen LogP contribution in [0.2, 0.25) is 0 Å². The normalized spacial score (nSPS) is 11.2. The van der Waals surface area contributed by atoms with Crippen LogP contribution in [0.4, 0.5) is 11.4 Å². The molecule has 0 spiro atoms. The highest BCUT2D eigenvalue weighted by molar-refractivity contribution is 7.93. The Hall–Kier alpha value is -2.59. The molecule has 0 unspecified atom stereocenters. The molecule has 0 heterocycles. The topological polar surface area (TPSA) is 37.4 Å². The van der Waals surface area contributed by atoms with Crippen molar-refractivity contribution in [3.63, 3.8) is 0 Å². The van der Waals surface area contributed by atoms with E-state index in [2.05, 4.69) is 0 Å². The second kappa shape index (κ2) is 6.26. The number of hydrogen-bond donors (Lipinski definition) is 0. The lowest BCUT2D eigenvalue weighted by Gasteiger charge is -2.24. The first kappa shape index (κ1) is 15.3. The Bertz CT molecular complexity index is 834. The Morgan fingerprint density at radius 3 is 1.52 bits per heavy atom. The minimum atomic E-state index is -3.69. The van der Waals surface area contributed by atoms with Crippen LogP contribution in [-0.2, 0) is 10.0 Å². The minimum Gasteiger partial charge on any atom is -0.235 e. The van der Waals surface area contributed by atoms with E-state index in [-0.39, 0.29) is 4.90 Å². The first-order valence-corrected chi connectivity index (χ1v) is 8.75. The molecule has 0 aromatic heterocycles. The van der Waals surface area contributed by atoms with Gasteiger partial charge in [0, 0.05) is 0 Å². The molecule has 0 atom stereocenters. The maximum absolute atomic E-state index is 13.2. The molecule has 0 fully saturated rings. The van der Waals surface area contributed by atoms with Gasteiger partial charge >= 0.3 is 0 Å². The number of hydrogen-bond acceptors (Lipinski definition) is 2. The number of para-hydroxylation sites is 2. The van der Waals surface area contributed by atoms with E-state index in [9.17, 15) is 8.42 Å². The second-order valence-electron chi connectivity index (χ2n) is 5.25. The van der Waals surface area contributed by atoms with Gasteiger partial charge in [0.15, 0.2) is 0 Å². The molecule has 0 N–H and O–H groups in total. The van der Waals surface area contributed by atoms with Gasteiger partial charge in [0.1, 0.15) is 0 Å². The summed E-state index contributed by atoms with van der Waals surface area (Å²) in [6.07, 6.45) is 0. The standard InChI is InChI=1S/C19H17NO2S/c1-16-12-14-19(15-13-16)23(21,22)20(17-8-4-2-5-9-17)18-10-6-3-7-11-18/h2-15H,1H3. The van der Waals surface area contributed by atoms with Crippen molar-refractivity contribution in [1.29, 1.82) is 0 Å². The summed E-state index contributed by atoms with van der Waals surface area (Å²) < 4.78 is 27.7. The average Bonchev–Trinajstić information content (AvgIpc) is 2.57. The van der Waals surface area contributed by atoms with E-state index in [1.807, 2.05) is 43.3 Å². The van der Waals surface area contributed by atoms with E-state index in [1.165, 1.54) is 4.31 Å². The lowest BCUT2D eigenvalue weighted by atomic mass is 10.2. The first-order chi connectivity index (χ1) is 11.1. The van der Waals surface area contributed by atoms with E-state index in [4.69, 9.17) is 0 Å². The van der Waals surface area contributed by atoms with Crippen LogP contribution in [0.1, 0.15) is 5.56 Å². The fraction of sp³-hybridized carbons (Fsp3) is 0.0526. The average molecular weight is 323 g/mol. The Balaban J connectivity index is 2.17. The summed E-state index contributed by atoms with van der Waals surface area (Å²) in [5, 5.41) is 0. The van der Waals surface area contributed by atoms with Crippen LogP contribution >= 0.6 is 0 Å². The maximum atomic E-state index is 13.2. The molecule has 0 saturated carbocycles. The highest BCUT2D eigenvalue weighted by Gasteiger charge is 2.26. The van der Waals surface area contributed by atoms with Gasteiger partial charge in [-0.05, 0) is 43.3 Å². The Morgan fingerprint density at radius 1 is 0.652 bits per heavy atom. The third-order valence-corrected chi connectivity index (χ3v) is 5.31. The lowest BCUT2D eigenvalue weighted by molar-refractivity contribution is 0.596. The molecule has 23 heavy (non-hydrogen) atoms. The molecule has 3 aromatic carbocycles. The fourth-order valence-corrected chi connectivity index (χ4v) is 3.86. The van der Waals surface area contributed by atoms with Gasteiger partial charge < -0.3 is 0 Å². The molecular formula is C19H17NO2S. The van der Waals surface area contributed by atoms with E-state index in [1.54, 1.807) is 48.5 Å². The van der Waals surface area contributed by atoms with E-state index >= 15 is 0 Å².